The van der Waals surface area contributed by atoms with Crippen LogP contribution in [0, 0.1) is 6.92 Å². The van der Waals surface area contributed by atoms with E-state index in [1.165, 1.54) is 5.56 Å². The summed E-state index contributed by atoms with van der Waals surface area (Å²) in [4.78, 5) is 0. The van der Waals surface area contributed by atoms with Crippen molar-refractivity contribution < 1.29 is 9.47 Å². The van der Waals surface area contributed by atoms with Crippen molar-refractivity contribution in [2.75, 3.05) is 13.7 Å². The maximum Gasteiger partial charge on any atom is 0.124 e. The first-order valence-corrected chi connectivity index (χ1v) is 5.56. The van der Waals surface area contributed by atoms with Crippen LogP contribution in [0.25, 0.3) is 0 Å². The molecule has 2 N–H and O–H groups in total. The lowest BCUT2D eigenvalue weighted by molar-refractivity contribution is 0.0712. The molecule has 0 aliphatic carbocycles. The van der Waals surface area contributed by atoms with Crippen LogP contribution >= 0.6 is 0 Å². The van der Waals surface area contributed by atoms with Gasteiger partial charge in [-0.1, -0.05) is 17.7 Å². The zero-order chi connectivity index (χ0) is 12.1. The highest BCUT2D eigenvalue weighted by Crippen LogP contribution is 2.25. The molecule has 90 valence electrons. The number of ether oxygens (including phenoxy) is 2. The third-order valence-electron chi connectivity index (χ3n) is 2.53. The van der Waals surface area contributed by atoms with E-state index in [0.717, 1.165) is 11.3 Å². The highest BCUT2D eigenvalue weighted by molar-refractivity contribution is 5.38. The molecule has 1 rings (SSSR count). The Kier molecular flexibility index (Phi) is 4.77. The first-order chi connectivity index (χ1) is 7.54. The van der Waals surface area contributed by atoms with E-state index in [1.807, 2.05) is 32.9 Å². The summed E-state index contributed by atoms with van der Waals surface area (Å²) in [6.45, 7) is 6.52. The molecule has 0 aliphatic rings. The van der Waals surface area contributed by atoms with E-state index in [1.54, 1.807) is 7.11 Å². The number of methoxy groups -OCH3 is 1. The second-order valence-electron chi connectivity index (χ2n) is 4.19. The third kappa shape index (κ3) is 3.51. The fourth-order valence-corrected chi connectivity index (χ4v) is 1.43. The normalized spacial score (nSPS) is 14.6. The number of nitrogens with two attached hydrogens (primary N) is 1. The monoisotopic (exact) mass is 223 g/mol. The van der Waals surface area contributed by atoms with Gasteiger partial charge in [-0.05, 0) is 26.8 Å². The average molecular weight is 223 g/mol. The van der Waals surface area contributed by atoms with Gasteiger partial charge < -0.3 is 15.2 Å². The van der Waals surface area contributed by atoms with E-state index >= 15 is 0 Å². The molecule has 0 aromatic heterocycles. The second kappa shape index (κ2) is 5.87. The lowest BCUT2D eigenvalue weighted by atomic mass is 10.1. The van der Waals surface area contributed by atoms with Gasteiger partial charge in [-0.25, -0.2) is 0 Å². The molecule has 0 bridgehead atoms. The largest absolute Gasteiger partial charge is 0.491 e. The van der Waals surface area contributed by atoms with E-state index in [4.69, 9.17) is 15.2 Å². The van der Waals surface area contributed by atoms with Gasteiger partial charge in [0.25, 0.3) is 0 Å². The van der Waals surface area contributed by atoms with E-state index in [0.29, 0.717) is 6.61 Å². The Morgan fingerprint density at radius 3 is 2.56 bits per heavy atom. The Hall–Kier alpha value is -1.06. The number of aryl methyl sites for hydroxylation is 1. The van der Waals surface area contributed by atoms with Crippen LogP contribution in [-0.2, 0) is 4.74 Å². The molecule has 1 aromatic carbocycles. The summed E-state index contributed by atoms with van der Waals surface area (Å²) in [6.07, 6.45) is 0.0854. The summed E-state index contributed by atoms with van der Waals surface area (Å²) in [5, 5.41) is 0. The first-order valence-electron chi connectivity index (χ1n) is 5.56. The van der Waals surface area contributed by atoms with Crippen molar-refractivity contribution >= 4 is 0 Å². The molecule has 0 fully saturated rings. The molecule has 3 nitrogen and oxygen atoms in total. The molecular weight excluding hydrogens is 202 g/mol. The van der Waals surface area contributed by atoms with Crippen LogP contribution in [-0.4, -0.2) is 19.8 Å². The Balaban J connectivity index is 2.78. The molecule has 2 atom stereocenters. The van der Waals surface area contributed by atoms with E-state index < -0.39 is 0 Å². The molecule has 0 spiro atoms. The molecule has 0 amide bonds. The van der Waals surface area contributed by atoms with Gasteiger partial charge in [-0.15, -0.1) is 0 Å². The van der Waals surface area contributed by atoms with Crippen molar-refractivity contribution in [3.05, 3.63) is 29.3 Å². The standard InChI is InChI=1S/C13H21NO2/c1-9-5-6-13(12(7-9)11(3)14)16-8-10(2)15-4/h5-7,10-11H,8,14H2,1-4H3. The van der Waals surface area contributed by atoms with E-state index in [2.05, 4.69) is 6.07 Å². The molecule has 0 radical (unpaired) electrons. The topological polar surface area (TPSA) is 44.5 Å². The van der Waals surface area contributed by atoms with Crippen molar-refractivity contribution in [2.24, 2.45) is 5.73 Å². The SMILES string of the molecule is COC(C)COc1ccc(C)cc1C(C)N. The smallest absolute Gasteiger partial charge is 0.124 e. The lowest BCUT2D eigenvalue weighted by Gasteiger charge is -2.17. The minimum Gasteiger partial charge on any atom is -0.491 e. The Bertz CT molecular complexity index is 337. The van der Waals surface area contributed by atoms with Gasteiger partial charge in [0.2, 0.25) is 0 Å². The van der Waals surface area contributed by atoms with Crippen LogP contribution in [0.2, 0.25) is 0 Å². The molecule has 0 saturated heterocycles. The summed E-state index contributed by atoms with van der Waals surface area (Å²) < 4.78 is 10.8. The number of hydrogen-bond acceptors (Lipinski definition) is 3. The Morgan fingerprint density at radius 1 is 1.31 bits per heavy atom. The third-order valence-corrected chi connectivity index (χ3v) is 2.53. The van der Waals surface area contributed by atoms with Crippen LogP contribution < -0.4 is 10.5 Å². The Morgan fingerprint density at radius 2 is 2.00 bits per heavy atom. The van der Waals surface area contributed by atoms with Crippen LogP contribution in [0.4, 0.5) is 0 Å². The predicted octanol–water partition coefficient (Wildman–Crippen LogP) is 2.43. The average Bonchev–Trinajstić information content (AvgIpc) is 2.26. The highest BCUT2D eigenvalue weighted by atomic mass is 16.5. The first kappa shape index (κ1) is 13.0. The van der Waals surface area contributed by atoms with Crippen LogP contribution in [0.5, 0.6) is 5.75 Å². The fourth-order valence-electron chi connectivity index (χ4n) is 1.43. The fraction of sp³-hybridized carbons (Fsp3) is 0.538. The van der Waals surface area contributed by atoms with Gasteiger partial charge in [0.05, 0.1) is 6.10 Å². The summed E-state index contributed by atoms with van der Waals surface area (Å²) in [6, 6.07) is 6.04. The van der Waals surface area contributed by atoms with Crippen LogP contribution in [0.15, 0.2) is 18.2 Å². The van der Waals surface area contributed by atoms with Crippen molar-refractivity contribution in [1.29, 1.82) is 0 Å². The minimum absolute atomic E-state index is 0.0206. The molecule has 16 heavy (non-hydrogen) atoms. The van der Waals surface area contributed by atoms with Gasteiger partial charge in [0.1, 0.15) is 12.4 Å². The Labute approximate surface area is 97.6 Å². The summed E-state index contributed by atoms with van der Waals surface area (Å²) in [5.74, 6) is 0.851. The molecule has 3 heteroatoms. The van der Waals surface area contributed by atoms with Crippen molar-refractivity contribution in [2.45, 2.75) is 32.9 Å². The minimum atomic E-state index is -0.0206. The maximum atomic E-state index is 5.91. The zero-order valence-corrected chi connectivity index (χ0v) is 10.5. The van der Waals surface area contributed by atoms with Crippen molar-refractivity contribution in [1.82, 2.24) is 0 Å². The van der Waals surface area contributed by atoms with Gasteiger partial charge in [0, 0.05) is 18.7 Å². The van der Waals surface area contributed by atoms with Gasteiger partial charge in [0.15, 0.2) is 0 Å². The van der Waals surface area contributed by atoms with Crippen LogP contribution in [0.3, 0.4) is 0 Å². The van der Waals surface area contributed by atoms with Gasteiger partial charge in [-0.3, -0.25) is 0 Å². The highest BCUT2D eigenvalue weighted by Gasteiger charge is 2.09. The molecular formula is C13H21NO2. The second-order valence-corrected chi connectivity index (χ2v) is 4.19. The molecule has 0 saturated carbocycles. The van der Waals surface area contributed by atoms with Crippen molar-refractivity contribution in [3.63, 3.8) is 0 Å². The zero-order valence-electron chi connectivity index (χ0n) is 10.5. The van der Waals surface area contributed by atoms with Crippen molar-refractivity contribution in [3.8, 4) is 5.75 Å². The number of rotatable bonds is 5. The summed E-state index contributed by atoms with van der Waals surface area (Å²) in [5.41, 5.74) is 8.15. The quantitative estimate of drug-likeness (QED) is 0.833. The van der Waals surface area contributed by atoms with Gasteiger partial charge >= 0.3 is 0 Å². The van der Waals surface area contributed by atoms with E-state index in [-0.39, 0.29) is 12.1 Å². The molecule has 0 heterocycles. The predicted molar refractivity (Wildman–Crippen MR) is 65.7 cm³/mol. The van der Waals surface area contributed by atoms with E-state index in [9.17, 15) is 0 Å². The molecule has 1 aromatic rings. The maximum absolute atomic E-state index is 5.91. The number of benzene rings is 1. The lowest BCUT2D eigenvalue weighted by Crippen LogP contribution is -2.17. The van der Waals surface area contributed by atoms with Crippen LogP contribution in [0.1, 0.15) is 31.0 Å². The summed E-state index contributed by atoms with van der Waals surface area (Å²) in [7, 11) is 1.68. The summed E-state index contributed by atoms with van der Waals surface area (Å²) >= 11 is 0. The molecule has 2 unspecified atom stereocenters. The number of hydrogen-bond donors (Lipinski definition) is 1. The van der Waals surface area contributed by atoms with Gasteiger partial charge in [-0.2, -0.15) is 0 Å². The molecule has 0 aliphatic heterocycles.